The first-order chi connectivity index (χ1) is 9.28. The van der Waals surface area contributed by atoms with E-state index in [-0.39, 0.29) is 24.5 Å². The quantitative estimate of drug-likeness (QED) is 0.346. The zero-order valence-corrected chi connectivity index (χ0v) is 11.9. The zero-order chi connectivity index (χ0) is 15.2. The number of hydrogen-bond acceptors (Lipinski definition) is 7. The fourth-order valence-electron chi connectivity index (χ4n) is 1.56. The number of hydrogen-bond donors (Lipinski definition) is 2. The van der Waals surface area contributed by atoms with E-state index in [4.69, 9.17) is 0 Å². The molecular formula is C10H18N4O5S. The molecule has 0 spiro atoms. The van der Waals surface area contributed by atoms with Gasteiger partial charge in [0, 0.05) is 12.8 Å². The Morgan fingerprint density at radius 1 is 1.60 bits per heavy atom. The molecule has 0 aliphatic heterocycles. The average molecular weight is 306 g/mol. The van der Waals surface area contributed by atoms with E-state index in [9.17, 15) is 23.6 Å². The SMILES string of the molecule is CS(=O)(=O)CCCNCC(O)Cn1cc([N+](=O)[O-])cn1. The standard InChI is InChI=1S/C10H18N4O5S/c1-20(18,19)4-2-3-11-6-10(15)8-13-7-9(5-12-13)14(16)17/h5,7,10-11,15H,2-4,6,8H2,1H3. The Kier molecular flexibility index (Phi) is 6.05. The molecule has 0 amide bonds. The molecule has 20 heavy (non-hydrogen) atoms. The van der Waals surface area contributed by atoms with Gasteiger partial charge in [0.05, 0.1) is 23.3 Å². The molecule has 0 fully saturated rings. The van der Waals surface area contributed by atoms with E-state index < -0.39 is 20.9 Å². The van der Waals surface area contributed by atoms with Crippen molar-refractivity contribution in [3.05, 3.63) is 22.5 Å². The van der Waals surface area contributed by atoms with Crippen LogP contribution in [0.2, 0.25) is 0 Å². The monoisotopic (exact) mass is 306 g/mol. The van der Waals surface area contributed by atoms with E-state index in [0.717, 1.165) is 6.20 Å². The Labute approximate surface area is 116 Å². The van der Waals surface area contributed by atoms with Crippen LogP contribution in [0.1, 0.15) is 6.42 Å². The Morgan fingerprint density at radius 3 is 2.85 bits per heavy atom. The summed E-state index contributed by atoms with van der Waals surface area (Å²) >= 11 is 0. The summed E-state index contributed by atoms with van der Waals surface area (Å²) in [7, 11) is -2.96. The van der Waals surface area contributed by atoms with E-state index in [1.165, 1.54) is 17.1 Å². The van der Waals surface area contributed by atoms with Crippen LogP contribution in [-0.4, -0.2) is 59.4 Å². The highest BCUT2D eigenvalue weighted by atomic mass is 32.2. The topological polar surface area (TPSA) is 127 Å². The first kappa shape index (κ1) is 16.5. The summed E-state index contributed by atoms with van der Waals surface area (Å²) < 4.78 is 23.1. The zero-order valence-electron chi connectivity index (χ0n) is 11.1. The minimum atomic E-state index is -2.96. The van der Waals surface area contributed by atoms with Gasteiger partial charge in [0.25, 0.3) is 0 Å². The van der Waals surface area contributed by atoms with Crippen molar-refractivity contribution in [3.8, 4) is 0 Å². The number of sulfone groups is 1. The Morgan fingerprint density at radius 2 is 2.30 bits per heavy atom. The third-order valence-electron chi connectivity index (χ3n) is 2.48. The molecule has 10 heteroatoms. The van der Waals surface area contributed by atoms with Crippen molar-refractivity contribution >= 4 is 15.5 Å². The molecule has 9 nitrogen and oxygen atoms in total. The van der Waals surface area contributed by atoms with Crippen molar-refractivity contribution in [3.63, 3.8) is 0 Å². The molecule has 114 valence electrons. The second kappa shape index (κ2) is 7.31. The lowest BCUT2D eigenvalue weighted by molar-refractivity contribution is -0.385. The molecular weight excluding hydrogens is 288 g/mol. The predicted octanol–water partition coefficient (Wildman–Crippen LogP) is -0.823. The molecule has 1 aromatic rings. The van der Waals surface area contributed by atoms with Gasteiger partial charge in [-0.25, -0.2) is 8.42 Å². The van der Waals surface area contributed by atoms with Crippen molar-refractivity contribution < 1.29 is 18.4 Å². The third kappa shape index (κ3) is 6.59. The van der Waals surface area contributed by atoms with Crippen LogP contribution in [0, 0.1) is 10.1 Å². The molecule has 0 radical (unpaired) electrons. The fourth-order valence-corrected chi connectivity index (χ4v) is 2.22. The van der Waals surface area contributed by atoms with Gasteiger partial charge in [0.2, 0.25) is 0 Å². The van der Waals surface area contributed by atoms with Crippen molar-refractivity contribution in [1.29, 1.82) is 0 Å². The van der Waals surface area contributed by atoms with Gasteiger partial charge in [-0.15, -0.1) is 0 Å². The van der Waals surface area contributed by atoms with Crippen molar-refractivity contribution in [1.82, 2.24) is 15.1 Å². The summed E-state index contributed by atoms with van der Waals surface area (Å²) in [5.74, 6) is 0.0987. The van der Waals surface area contributed by atoms with Gasteiger partial charge in [-0.3, -0.25) is 14.8 Å². The number of aliphatic hydroxyl groups excluding tert-OH is 1. The fraction of sp³-hybridized carbons (Fsp3) is 0.700. The lowest BCUT2D eigenvalue weighted by atomic mass is 10.3. The highest BCUT2D eigenvalue weighted by Gasteiger charge is 2.11. The van der Waals surface area contributed by atoms with Crippen LogP contribution in [0.15, 0.2) is 12.4 Å². The van der Waals surface area contributed by atoms with Crippen LogP contribution in [0.5, 0.6) is 0 Å². The predicted molar refractivity (Wildman–Crippen MR) is 72.1 cm³/mol. The molecule has 0 saturated carbocycles. The second-order valence-corrected chi connectivity index (χ2v) is 6.78. The maximum Gasteiger partial charge on any atom is 0.306 e. The van der Waals surface area contributed by atoms with Crippen LogP contribution >= 0.6 is 0 Å². The molecule has 0 aromatic carbocycles. The second-order valence-electron chi connectivity index (χ2n) is 4.52. The molecule has 2 N–H and O–H groups in total. The van der Waals surface area contributed by atoms with E-state index in [1.807, 2.05) is 0 Å². The van der Waals surface area contributed by atoms with E-state index in [2.05, 4.69) is 10.4 Å². The molecule has 0 aliphatic rings. The molecule has 0 saturated heterocycles. The smallest absolute Gasteiger partial charge is 0.306 e. The molecule has 1 rings (SSSR count). The van der Waals surface area contributed by atoms with Crippen LogP contribution < -0.4 is 5.32 Å². The van der Waals surface area contributed by atoms with Crippen LogP contribution in [0.4, 0.5) is 5.69 Å². The average Bonchev–Trinajstić information content (AvgIpc) is 2.75. The Hall–Kier alpha value is -1.52. The first-order valence-electron chi connectivity index (χ1n) is 6.01. The lowest BCUT2D eigenvalue weighted by Crippen LogP contribution is -2.31. The van der Waals surface area contributed by atoms with Crippen LogP contribution in [0.25, 0.3) is 0 Å². The molecule has 1 atom stereocenters. The number of nitro groups is 1. The number of nitrogens with one attached hydrogen (secondary N) is 1. The number of rotatable bonds is 9. The maximum absolute atomic E-state index is 10.9. The van der Waals surface area contributed by atoms with Gasteiger partial charge in [0.1, 0.15) is 22.2 Å². The summed E-state index contributed by atoms with van der Waals surface area (Å²) in [4.78, 5) is 9.90. The first-order valence-corrected chi connectivity index (χ1v) is 8.07. The third-order valence-corrected chi connectivity index (χ3v) is 3.51. The minimum Gasteiger partial charge on any atom is -0.390 e. The summed E-state index contributed by atoms with van der Waals surface area (Å²) in [6.07, 6.45) is 3.25. The van der Waals surface area contributed by atoms with Gasteiger partial charge < -0.3 is 10.4 Å². The molecule has 1 unspecified atom stereocenters. The van der Waals surface area contributed by atoms with Gasteiger partial charge in [0.15, 0.2) is 0 Å². The van der Waals surface area contributed by atoms with Crippen molar-refractivity contribution in [2.24, 2.45) is 0 Å². The van der Waals surface area contributed by atoms with Crippen LogP contribution in [-0.2, 0) is 16.4 Å². The minimum absolute atomic E-state index is 0.0987. The normalized spacial score (nSPS) is 13.3. The van der Waals surface area contributed by atoms with Crippen molar-refractivity contribution in [2.75, 3.05) is 25.1 Å². The van der Waals surface area contributed by atoms with Gasteiger partial charge in [-0.2, -0.15) is 5.10 Å². The van der Waals surface area contributed by atoms with Gasteiger partial charge >= 0.3 is 5.69 Å². The largest absolute Gasteiger partial charge is 0.390 e. The Balaban J connectivity index is 2.23. The summed E-state index contributed by atoms with van der Waals surface area (Å²) in [5.41, 5.74) is -0.127. The van der Waals surface area contributed by atoms with E-state index in [0.29, 0.717) is 13.0 Å². The molecule has 1 aromatic heterocycles. The van der Waals surface area contributed by atoms with E-state index >= 15 is 0 Å². The highest BCUT2D eigenvalue weighted by Crippen LogP contribution is 2.07. The Bertz CT molecular complexity index is 542. The number of nitrogens with zero attached hydrogens (tertiary/aromatic N) is 3. The number of aromatic nitrogens is 2. The summed E-state index contributed by atoms with van der Waals surface area (Å²) in [6.45, 7) is 0.869. The highest BCUT2D eigenvalue weighted by molar-refractivity contribution is 7.90. The van der Waals surface area contributed by atoms with Gasteiger partial charge in [-0.1, -0.05) is 0 Å². The number of aliphatic hydroxyl groups is 1. The lowest BCUT2D eigenvalue weighted by Gasteiger charge is -2.11. The van der Waals surface area contributed by atoms with Crippen LogP contribution in [0.3, 0.4) is 0 Å². The summed E-state index contributed by atoms with van der Waals surface area (Å²) in [6, 6.07) is 0. The maximum atomic E-state index is 10.9. The van der Waals surface area contributed by atoms with E-state index in [1.54, 1.807) is 0 Å². The van der Waals surface area contributed by atoms with Crippen molar-refractivity contribution in [2.45, 2.75) is 19.1 Å². The van der Waals surface area contributed by atoms with Gasteiger partial charge in [-0.05, 0) is 13.0 Å². The molecule has 0 bridgehead atoms. The molecule has 1 heterocycles. The summed E-state index contributed by atoms with van der Waals surface area (Å²) in [5, 5.41) is 26.8. The molecule has 0 aliphatic carbocycles.